The summed E-state index contributed by atoms with van der Waals surface area (Å²) in [6, 6.07) is 3.49. The predicted octanol–water partition coefficient (Wildman–Crippen LogP) is 1.80. The smallest absolute Gasteiger partial charge is 0.398 e. The van der Waals surface area contributed by atoms with Crippen molar-refractivity contribution in [3.63, 3.8) is 0 Å². The van der Waals surface area contributed by atoms with Crippen LogP contribution in [0, 0.1) is 0 Å². The van der Waals surface area contributed by atoms with Crippen LogP contribution in [0.2, 0.25) is 0 Å². The molecule has 132 valence electrons. The molecule has 0 spiro atoms. The maximum absolute atomic E-state index is 12.1. The lowest BCUT2D eigenvalue weighted by Gasteiger charge is -2.35. The van der Waals surface area contributed by atoms with Crippen LogP contribution >= 0.6 is 0 Å². The van der Waals surface area contributed by atoms with Gasteiger partial charge in [-0.25, -0.2) is 4.79 Å². The fourth-order valence-electron chi connectivity index (χ4n) is 2.66. The molecule has 4 N–H and O–H groups in total. The minimum absolute atomic E-state index is 0.592. The van der Waals surface area contributed by atoms with Crippen molar-refractivity contribution in [2.45, 2.75) is 32.0 Å². The third kappa shape index (κ3) is 4.30. The van der Waals surface area contributed by atoms with Crippen LogP contribution in [0.5, 0.6) is 0 Å². The van der Waals surface area contributed by atoms with Crippen LogP contribution < -0.4 is 21.3 Å². The summed E-state index contributed by atoms with van der Waals surface area (Å²) in [5.74, 6) is -0.676. The molecule has 0 radical (unpaired) electrons. The summed E-state index contributed by atoms with van der Waals surface area (Å²) in [6.45, 7) is 0.684. The molecule has 1 atom stereocenters. The lowest BCUT2D eigenvalue weighted by Crippen LogP contribution is -2.52. The highest BCUT2D eigenvalue weighted by Crippen LogP contribution is 2.32. The van der Waals surface area contributed by atoms with Gasteiger partial charge in [-0.15, -0.1) is 0 Å². The number of carbonyl (C=O) groups excluding carboxylic acids is 2. The van der Waals surface area contributed by atoms with E-state index in [0.717, 1.165) is 24.1 Å². The van der Waals surface area contributed by atoms with E-state index in [1.807, 2.05) is 11.4 Å². The van der Waals surface area contributed by atoms with Crippen LogP contribution in [0.4, 0.5) is 29.3 Å². The molecule has 1 aliphatic rings. The molecule has 0 saturated heterocycles. The van der Waals surface area contributed by atoms with E-state index in [9.17, 15) is 22.8 Å². The highest BCUT2D eigenvalue weighted by atomic mass is 19.4. The first-order valence-corrected chi connectivity index (χ1v) is 7.48. The molecule has 0 fully saturated rings. The molecule has 1 aromatic carbocycles. The van der Waals surface area contributed by atoms with Crippen LogP contribution in [0.1, 0.15) is 18.9 Å². The molecular formula is C15H19F3N4O2. The van der Waals surface area contributed by atoms with Crippen molar-refractivity contribution in [2.24, 2.45) is 0 Å². The summed E-state index contributed by atoms with van der Waals surface area (Å²) in [5, 5.41) is 3.54. The fraction of sp³-hybridized carbons (Fsp3) is 0.467. The number of nitrogens with two attached hydrogens (primary N) is 1. The van der Waals surface area contributed by atoms with Gasteiger partial charge in [0.2, 0.25) is 5.91 Å². The maximum atomic E-state index is 12.1. The summed E-state index contributed by atoms with van der Waals surface area (Å²) in [5.41, 5.74) is 8.32. The van der Waals surface area contributed by atoms with Crippen LogP contribution in [-0.2, 0) is 11.2 Å². The number of hydrogen-bond acceptors (Lipinski definition) is 4. The number of urea groups is 1. The SMILES string of the molecule is CC(C(=O)NC(=O)NCC(F)(F)F)N1CCCc2c(N)cccc21. The Hall–Kier alpha value is -2.45. The van der Waals surface area contributed by atoms with E-state index in [2.05, 4.69) is 0 Å². The Morgan fingerprint density at radius 2 is 2.08 bits per heavy atom. The molecule has 24 heavy (non-hydrogen) atoms. The van der Waals surface area contributed by atoms with Gasteiger partial charge >= 0.3 is 12.2 Å². The Kier molecular flexibility index (Phi) is 5.20. The average molecular weight is 344 g/mol. The van der Waals surface area contributed by atoms with Crippen LogP contribution in [0.3, 0.4) is 0 Å². The van der Waals surface area contributed by atoms with E-state index in [0.29, 0.717) is 12.2 Å². The largest absolute Gasteiger partial charge is 0.405 e. The van der Waals surface area contributed by atoms with E-state index < -0.39 is 30.7 Å². The summed E-state index contributed by atoms with van der Waals surface area (Å²) in [7, 11) is 0. The first kappa shape index (κ1) is 17.9. The van der Waals surface area contributed by atoms with E-state index in [1.165, 1.54) is 0 Å². The number of nitrogens with one attached hydrogen (secondary N) is 2. The van der Waals surface area contributed by atoms with Gasteiger partial charge in [0.1, 0.15) is 12.6 Å². The number of nitrogens with zero attached hydrogens (tertiary/aromatic N) is 1. The van der Waals surface area contributed by atoms with E-state index >= 15 is 0 Å². The van der Waals surface area contributed by atoms with E-state index in [1.54, 1.807) is 29.3 Å². The average Bonchev–Trinajstić information content (AvgIpc) is 2.51. The van der Waals surface area contributed by atoms with E-state index in [4.69, 9.17) is 5.73 Å². The number of imide groups is 1. The third-order valence-corrected chi connectivity index (χ3v) is 3.86. The van der Waals surface area contributed by atoms with Gasteiger partial charge in [-0.3, -0.25) is 10.1 Å². The highest BCUT2D eigenvalue weighted by molar-refractivity contribution is 5.98. The zero-order chi connectivity index (χ0) is 17.9. The van der Waals surface area contributed by atoms with Crippen LogP contribution in [0.25, 0.3) is 0 Å². The van der Waals surface area contributed by atoms with Gasteiger partial charge in [0.25, 0.3) is 0 Å². The van der Waals surface area contributed by atoms with Crippen molar-refractivity contribution in [1.82, 2.24) is 10.6 Å². The number of rotatable bonds is 3. The number of nitrogen functional groups attached to an aromatic ring is 1. The van der Waals surface area contributed by atoms with Gasteiger partial charge in [-0.2, -0.15) is 13.2 Å². The standard InChI is InChI=1S/C15H19F3N4O2/c1-9(13(23)21-14(24)20-8-15(16,17)18)22-7-3-4-10-11(19)5-2-6-12(10)22/h2,5-6,9H,3-4,7-8,19H2,1H3,(H2,20,21,23,24). The molecule has 0 saturated carbocycles. The second-order valence-electron chi connectivity index (χ2n) is 5.60. The Morgan fingerprint density at radius 3 is 2.75 bits per heavy atom. The van der Waals surface area contributed by atoms with Crippen molar-refractivity contribution < 1.29 is 22.8 Å². The van der Waals surface area contributed by atoms with Crippen molar-refractivity contribution >= 4 is 23.3 Å². The van der Waals surface area contributed by atoms with Crippen molar-refractivity contribution in [1.29, 1.82) is 0 Å². The van der Waals surface area contributed by atoms with Gasteiger partial charge in [0.05, 0.1) is 0 Å². The zero-order valence-electron chi connectivity index (χ0n) is 13.1. The van der Waals surface area contributed by atoms with Crippen molar-refractivity contribution in [3.8, 4) is 0 Å². The topological polar surface area (TPSA) is 87.5 Å². The molecule has 1 aliphatic heterocycles. The van der Waals surface area contributed by atoms with Gasteiger partial charge in [-0.1, -0.05) is 6.07 Å². The molecule has 9 heteroatoms. The lowest BCUT2D eigenvalue weighted by molar-refractivity contribution is -0.125. The Bertz CT molecular complexity index is 634. The molecule has 1 aromatic rings. The Morgan fingerprint density at radius 1 is 1.38 bits per heavy atom. The van der Waals surface area contributed by atoms with Crippen LogP contribution in [0.15, 0.2) is 18.2 Å². The van der Waals surface area contributed by atoms with Crippen molar-refractivity contribution in [2.75, 3.05) is 23.7 Å². The Balaban J connectivity index is 2.02. The number of amides is 3. The summed E-state index contributed by atoms with van der Waals surface area (Å²) in [6.07, 6.45) is -2.95. The molecule has 0 aromatic heterocycles. The molecule has 0 aliphatic carbocycles. The number of anilines is 2. The second kappa shape index (κ2) is 6.98. The predicted molar refractivity (Wildman–Crippen MR) is 83.6 cm³/mol. The van der Waals surface area contributed by atoms with E-state index in [-0.39, 0.29) is 0 Å². The number of hydrogen-bond donors (Lipinski definition) is 3. The molecule has 3 amide bonds. The molecular weight excluding hydrogens is 325 g/mol. The number of fused-ring (bicyclic) bond motifs is 1. The van der Waals surface area contributed by atoms with Gasteiger partial charge in [-0.05, 0) is 37.5 Å². The molecule has 0 bridgehead atoms. The van der Waals surface area contributed by atoms with Crippen LogP contribution in [-0.4, -0.2) is 37.2 Å². The first-order valence-electron chi connectivity index (χ1n) is 7.48. The molecule has 1 heterocycles. The molecule has 2 rings (SSSR count). The normalized spacial score (nSPS) is 15.4. The molecule has 1 unspecified atom stereocenters. The van der Waals surface area contributed by atoms with Crippen molar-refractivity contribution in [3.05, 3.63) is 23.8 Å². The Labute approximate surface area is 137 Å². The van der Waals surface area contributed by atoms with Gasteiger partial charge < -0.3 is 16.0 Å². The number of alkyl halides is 3. The summed E-state index contributed by atoms with van der Waals surface area (Å²) >= 11 is 0. The van der Waals surface area contributed by atoms with Gasteiger partial charge in [0, 0.05) is 17.9 Å². The third-order valence-electron chi connectivity index (χ3n) is 3.86. The minimum Gasteiger partial charge on any atom is -0.398 e. The first-order chi connectivity index (χ1) is 11.2. The second-order valence-corrected chi connectivity index (χ2v) is 5.60. The quantitative estimate of drug-likeness (QED) is 0.730. The number of carbonyl (C=O) groups is 2. The number of benzene rings is 1. The number of halogens is 3. The lowest BCUT2D eigenvalue weighted by atomic mass is 9.98. The summed E-state index contributed by atoms with van der Waals surface area (Å²) in [4.78, 5) is 25.3. The minimum atomic E-state index is -4.53. The monoisotopic (exact) mass is 344 g/mol. The fourth-order valence-corrected chi connectivity index (χ4v) is 2.66. The molecule has 6 nitrogen and oxygen atoms in total. The zero-order valence-corrected chi connectivity index (χ0v) is 13.1. The summed E-state index contributed by atoms with van der Waals surface area (Å²) < 4.78 is 36.2. The maximum Gasteiger partial charge on any atom is 0.405 e. The highest BCUT2D eigenvalue weighted by Gasteiger charge is 2.30. The van der Waals surface area contributed by atoms with Gasteiger partial charge in [0.15, 0.2) is 0 Å².